The molecule has 2 aromatic rings. The molecule has 0 aromatic heterocycles. The summed E-state index contributed by atoms with van der Waals surface area (Å²) in [6.07, 6.45) is 6.70. The normalized spacial score (nSPS) is 13.1. The van der Waals surface area contributed by atoms with E-state index in [1.807, 2.05) is 6.07 Å². The van der Waals surface area contributed by atoms with E-state index in [0.717, 1.165) is 43.8 Å². The number of halogens is 1. The lowest BCUT2D eigenvalue weighted by molar-refractivity contribution is -0.131. The van der Waals surface area contributed by atoms with E-state index in [-0.39, 0.29) is 0 Å². The van der Waals surface area contributed by atoms with Gasteiger partial charge >= 0.3 is 5.97 Å². The number of aryl methyl sites for hydroxylation is 1. The van der Waals surface area contributed by atoms with E-state index in [0.29, 0.717) is 26.4 Å². The number of aliphatic carboxylic acids is 1. The van der Waals surface area contributed by atoms with Crippen molar-refractivity contribution in [2.75, 3.05) is 44.9 Å². The van der Waals surface area contributed by atoms with Crippen LogP contribution in [-0.2, 0) is 33.7 Å². The van der Waals surface area contributed by atoms with Gasteiger partial charge in [0.15, 0.2) is 0 Å². The van der Waals surface area contributed by atoms with Crippen LogP contribution in [0.5, 0.6) is 0 Å². The summed E-state index contributed by atoms with van der Waals surface area (Å²) in [6, 6.07) is 12.6. The smallest absolute Gasteiger partial charge is 0.328 e. The maximum Gasteiger partial charge on any atom is 0.328 e. The van der Waals surface area contributed by atoms with Crippen LogP contribution in [0.25, 0.3) is 0 Å². The van der Waals surface area contributed by atoms with Crippen molar-refractivity contribution in [2.24, 2.45) is 0 Å². The molecule has 1 heterocycles. The highest BCUT2D eigenvalue weighted by Gasteiger charge is 2.22. The Hall–Kier alpha value is -2.38. The first-order valence-corrected chi connectivity index (χ1v) is 11.8. The van der Waals surface area contributed by atoms with Crippen LogP contribution < -0.4 is 10.2 Å². The summed E-state index contributed by atoms with van der Waals surface area (Å²) < 4.78 is 10.9. The van der Waals surface area contributed by atoms with Gasteiger partial charge in [-0.25, -0.2) is 4.79 Å². The summed E-state index contributed by atoms with van der Waals surface area (Å²) >= 11 is 6.39. The van der Waals surface area contributed by atoms with E-state index in [4.69, 9.17) is 26.2 Å². The Morgan fingerprint density at radius 3 is 2.88 bits per heavy atom. The number of benzene rings is 2. The number of hydrogen-bond donors (Lipinski definition) is 2. The summed E-state index contributed by atoms with van der Waals surface area (Å²) in [4.78, 5) is 12.9. The van der Waals surface area contributed by atoms with E-state index >= 15 is 0 Å². The molecule has 0 unspecified atom stereocenters. The van der Waals surface area contributed by atoms with E-state index < -0.39 is 5.97 Å². The molecular formula is C26H33ClN2O4. The van der Waals surface area contributed by atoms with Crippen LogP contribution in [0.1, 0.15) is 29.5 Å². The van der Waals surface area contributed by atoms with E-state index in [1.165, 1.54) is 34.1 Å². The molecule has 0 radical (unpaired) electrons. The highest BCUT2D eigenvalue weighted by Crippen LogP contribution is 2.39. The number of carboxylic acid groups (broad SMARTS) is 1. The van der Waals surface area contributed by atoms with Crippen molar-refractivity contribution < 1.29 is 19.4 Å². The van der Waals surface area contributed by atoms with Gasteiger partial charge in [-0.15, -0.1) is 0 Å². The lowest BCUT2D eigenvalue weighted by Crippen LogP contribution is -2.22. The maximum absolute atomic E-state index is 10.5. The van der Waals surface area contributed by atoms with Crippen LogP contribution in [0.15, 0.2) is 48.6 Å². The molecule has 178 valence electrons. The van der Waals surface area contributed by atoms with Crippen LogP contribution in [0.3, 0.4) is 0 Å². The van der Waals surface area contributed by atoms with Crippen LogP contribution in [0.2, 0.25) is 5.02 Å². The highest BCUT2D eigenvalue weighted by atomic mass is 35.5. The number of carboxylic acids is 1. The fraction of sp³-hybridized carbons (Fsp3) is 0.423. The molecule has 0 saturated heterocycles. The number of anilines is 2. The molecule has 1 aliphatic rings. The third-order valence-electron chi connectivity index (χ3n) is 5.72. The minimum atomic E-state index is -0.919. The van der Waals surface area contributed by atoms with Gasteiger partial charge in [0.1, 0.15) is 0 Å². The number of carbonyl (C=O) groups is 1. The first-order chi connectivity index (χ1) is 16.1. The van der Waals surface area contributed by atoms with Gasteiger partial charge in [-0.3, -0.25) is 0 Å². The van der Waals surface area contributed by atoms with Crippen molar-refractivity contribution in [1.82, 2.24) is 5.32 Å². The van der Waals surface area contributed by atoms with Gasteiger partial charge < -0.3 is 24.8 Å². The Bertz CT molecular complexity index is 948. The monoisotopic (exact) mass is 472 g/mol. The number of nitrogens with zero attached hydrogens (tertiary/aromatic N) is 1. The lowest BCUT2D eigenvalue weighted by Gasteiger charge is -2.28. The van der Waals surface area contributed by atoms with Crippen molar-refractivity contribution in [1.29, 1.82) is 0 Å². The molecule has 2 aromatic carbocycles. The van der Waals surface area contributed by atoms with Gasteiger partial charge in [-0.2, -0.15) is 0 Å². The zero-order valence-electron chi connectivity index (χ0n) is 19.2. The molecule has 0 atom stereocenters. The highest BCUT2D eigenvalue weighted by molar-refractivity contribution is 6.30. The van der Waals surface area contributed by atoms with Gasteiger partial charge in [-0.1, -0.05) is 35.9 Å². The average Bonchev–Trinajstić information content (AvgIpc) is 2.95. The predicted octanol–water partition coefficient (Wildman–Crippen LogP) is 4.75. The Balaban J connectivity index is 1.71. The van der Waals surface area contributed by atoms with Crippen LogP contribution >= 0.6 is 11.6 Å². The molecule has 33 heavy (non-hydrogen) atoms. The second-order valence-electron chi connectivity index (χ2n) is 8.04. The van der Waals surface area contributed by atoms with E-state index in [2.05, 4.69) is 40.5 Å². The van der Waals surface area contributed by atoms with Crippen molar-refractivity contribution in [2.45, 2.75) is 32.3 Å². The molecule has 1 aliphatic heterocycles. The van der Waals surface area contributed by atoms with Crippen LogP contribution in [0.4, 0.5) is 11.4 Å². The fourth-order valence-corrected chi connectivity index (χ4v) is 4.28. The van der Waals surface area contributed by atoms with Crippen molar-refractivity contribution in [3.8, 4) is 0 Å². The third kappa shape index (κ3) is 7.57. The van der Waals surface area contributed by atoms with Gasteiger partial charge in [0, 0.05) is 42.7 Å². The SMILES string of the molecule is COCCOCc1cccc2c1CCc1ccc(Cl)cc1N2CCCCNC/C=C/C(=O)O. The first kappa shape index (κ1) is 25.2. The summed E-state index contributed by atoms with van der Waals surface area (Å²) in [5, 5.41) is 12.7. The third-order valence-corrected chi connectivity index (χ3v) is 5.95. The second-order valence-corrected chi connectivity index (χ2v) is 8.47. The van der Waals surface area contributed by atoms with Crippen LogP contribution in [0, 0.1) is 0 Å². The predicted molar refractivity (Wildman–Crippen MR) is 133 cm³/mol. The standard InChI is InChI=1S/C26H33ClN2O4/c1-32-16-17-33-19-21-6-4-7-24-23(21)12-10-20-9-11-22(27)18-25(20)29(24)15-3-2-13-28-14-5-8-26(30)31/h4-9,11,18,28H,2-3,10,12-17,19H2,1H3,(H,30,31)/b8-5+. The summed E-state index contributed by atoms with van der Waals surface area (Å²) in [5.41, 5.74) is 6.26. The van der Waals surface area contributed by atoms with Crippen molar-refractivity contribution >= 4 is 28.9 Å². The summed E-state index contributed by atoms with van der Waals surface area (Å²) in [7, 11) is 1.68. The average molecular weight is 473 g/mol. The van der Waals surface area contributed by atoms with Crippen molar-refractivity contribution in [3.63, 3.8) is 0 Å². The Labute approximate surface area is 201 Å². The molecule has 3 rings (SSSR count). The minimum Gasteiger partial charge on any atom is -0.478 e. The lowest BCUT2D eigenvalue weighted by atomic mass is 10.00. The fourth-order valence-electron chi connectivity index (χ4n) is 4.12. The molecule has 7 heteroatoms. The zero-order valence-corrected chi connectivity index (χ0v) is 19.9. The molecule has 6 nitrogen and oxygen atoms in total. The summed E-state index contributed by atoms with van der Waals surface area (Å²) in [6.45, 7) is 4.01. The molecule has 0 bridgehead atoms. The molecule has 0 aliphatic carbocycles. The van der Waals surface area contributed by atoms with Crippen LogP contribution in [-0.4, -0.2) is 51.0 Å². The quantitative estimate of drug-likeness (QED) is 0.324. The molecule has 0 amide bonds. The molecule has 2 N–H and O–H groups in total. The topological polar surface area (TPSA) is 71.0 Å². The number of rotatable bonds is 13. The Morgan fingerprint density at radius 1 is 1.18 bits per heavy atom. The zero-order chi connectivity index (χ0) is 23.5. The molecular weight excluding hydrogens is 440 g/mol. The minimum absolute atomic E-state index is 0.559. The van der Waals surface area contributed by atoms with E-state index in [9.17, 15) is 4.79 Å². The van der Waals surface area contributed by atoms with Crippen molar-refractivity contribution in [3.05, 3.63) is 70.3 Å². The van der Waals surface area contributed by atoms with Gasteiger partial charge in [0.25, 0.3) is 0 Å². The first-order valence-electron chi connectivity index (χ1n) is 11.4. The van der Waals surface area contributed by atoms with Gasteiger partial charge in [0.05, 0.1) is 19.8 Å². The van der Waals surface area contributed by atoms with E-state index in [1.54, 1.807) is 13.2 Å². The Morgan fingerprint density at radius 2 is 2.06 bits per heavy atom. The number of nitrogens with one attached hydrogen (secondary N) is 1. The molecule has 0 saturated carbocycles. The second kappa shape index (κ2) is 13.4. The number of methoxy groups -OCH3 is 1. The number of hydrogen-bond acceptors (Lipinski definition) is 5. The largest absolute Gasteiger partial charge is 0.478 e. The number of unbranched alkanes of at least 4 members (excludes halogenated alkanes) is 1. The molecule has 0 spiro atoms. The summed E-state index contributed by atoms with van der Waals surface area (Å²) in [5.74, 6) is -0.919. The number of ether oxygens (including phenoxy) is 2. The number of fused-ring (bicyclic) bond motifs is 2. The maximum atomic E-state index is 10.5. The van der Waals surface area contributed by atoms with Gasteiger partial charge in [0.2, 0.25) is 0 Å². The molecule has 0 fully saturated rings. The Kier molecular flexibility index (Phi) is 10.2. The van der Waals surface area contributed by atoms with Gasteiger partial charge in [-0.05, 0) is 67.1 Å².